The van der Waals surface area contributed by atoms with Gasteiger partial charge in [0.2, 0.25) is 0 Å². The molecule has 8 heteroatoms. The van der Waals surface area contributed by atoms with Gasteiger partial charge in [-0.1, -0.05) is 32.9 Å². The lowest BCUT2D eigenvalue weighted by molar-refractivity contribution is -0.123. The number of nitrogens with zero attached hydrogens (tertiary/aromatic N) is 2. The maximum atomic E-state index is 12.6. The van der Waals surface area contributed by atoms with Crippen LogP contribution in [-0.4, -0.2) is 28.4 Å². The van der Waals surface area contributed by atoms with Gasteiger partial charge in [-0.2, -0.15) is 0 Å². The normalized spacial score (nSPS) is 11.4. The van der Waals surface area contributed by atoms with Gasteiger partial charge < -0.3 is 4.74 Å². The Morgan fingerprint density at radius 1 is 1.10 bits per heavy atom. The van der Waals surface area contributed by atoms with Crippen molar-refractivity contribution in [3.63, 3.8) is 0 Å². The smallest absolute Gasteiger partial charge is 0.280 e. The maximum Gasteiger partial charge on any atom is 0.280 e. The third kappa shape index (κ3) is 4.76. The zero-order valence-electron chi connectivity index (χ0n) is 18.0. The van der Waals surface area contributed by atoms with E-state index >= 15 is 0 Å². The molecular formula is C22H26N4O3S. The average molecular weight is 427 g/mol. The maximum absolute atomic E-state index is 12.6. The number of carbonyl (C=O) groups is 2. The van der Waals surface area contributed by atoms with E-state index in [2.05, 4.69) is 41.6 Å². The Kier molecular flexibility index (Phi) is 6.07. The van der Waals surface area contributed by atoms with Crippen molar-refractivity contribution < 1.29 is 14.3 Å². The number of fused-ring (bicyclic) bond motifs is 1. The van der Waals surface area contributed by atoms with Gasteiger partial charge in [-0.3, -0.25) is 20.4 Å². The molecule has 2 amide bonds. The summed E-state index contributed by atoms with van der Waals surface area (Å²) in [6.07, 6.45) is 0. The number of benzene rings is 1. The first-order valence-corrected chi connectivity index (χ1v) is 10.4. The number of aryl methyl sites for hydroxylation is 3. The van der Waals surface area contributed by atoms with Crippen molar-refractivity contribution in [3.05, 3.63) is 51.8 Å². The van der Waals surface area contributed by atoms with E-state index in [1.54, 1.807) is 6.07 Å². The van der Waals surface area contributed by atoms with Crippen molar-refractivity contribution in [2.45, 2.75) is 47.0 Å². The molecule has 0 radical (unpaired) electrons. The van der Waals surface area contributed by atoms with Crippen molar-refractivity contribution in [1.82, 2.24) is 20.8 Å². The Balaban J connectivity index is 1.68. The fourth-order valence-corrected chi connectivity index (χ4v) is 4.09. The third-order valence-electron chi connectivity index (χ3n) is 4.52. The molecular weight excluding hydrogens is 400 g/mol. The predicted octanol–water partition coefficient (Wildman–Crippen LogP) is 3.75. The molecule has 158 valence electrons. The highest BCUT2D eigenvalue weighted by molar-refractivity contribution is 7.20. The zero-order valence-corrected chi connectivity index (χ0v) is 18.9. The Morgan fingerprint density at radius 3 is 2.50 bits per heavy atom. The molecule has 2 aromatic heterocycles. The van der Waals surface area contributed by atoms with Crippen LogP contribution in [0.15, 0.2) is 24.3 Å². The van der Waals surface area contributed by atoms with E-state index in [0.717, 1.165) is 32.9 Å². The van der Waals surface area contributed by atoms with Crippen LogP contribution in [-0.2, 0) is 10.2 Å². The highest BCUT2D eigenvalue weighted by Gasteiger charge is 2.23. The van der Waals surface area contributed by atoms with E-state index in [-0.39, 0.29) is 12.0 Å². The van der Waals surface area contributed by atoms with E-state index in [1.165, 1.54) is 11.3 Å². The molecule has 0 fully saturated rings. The highest BCUT2D eigenvalue weighted by atomic mass is 32.1. The summed E-state index contributed by atoms with van der Waals surface area (Å²) in [6.45, 7) is 11.7. The van der Waals surface area contributed by atoms with Crippen molar-refractivity contribution in [2.75, 3.05) is 6.61 Å². The van der Waals surface area contributed by atoms with Crippen LogP contribution in [0, 0.1) is 20.8 Å². The van der Waals surface area contributed by atoms with Gasteiger partial charge in [-0.25, -0.2) is 9.97 Å². The number of nitrogens with one attached hydrogen (secondary N) is 2. The summed E-state index contributed by atoms with van der Waals surface area (Å²) in [4.78, 5) is 35.2. The number of hydrogen-bond donors (Lipinski definition) is 2. The quantitative estimate of drug-likeness (QED) is 0.620. The van der Waals surface area contributed by atoms with Crippen LogP contribution >= 0.6 is 11.3 Å². The van der Waals surface area contributed by atoms with Crippen LogP contribution in [0.2, 0.25) is 0 Å². The minimum absolute atomic E-state index is 0.190. The van der Waals surface area contributed by atoms with E-state index in [0.29, 0.717) is 10.6 Å². The summed E-state index contributed by atoms with van der Waals surface area (Å²) in [5, 5.41) is 0.882. The van der Waals surface area contributed by atoms with Gasteiger partial charge in [0.1, 0.15) is 16.4 Å². The predicted molar refractivity (Wildman–Crippen MR) is 118 cm³/mol. The molecule has 30 heavy (non-hydrogen) atoms. The minimum atomic E-state index is -0.449. The number of hydrogen-bond acceptors (Lipinski definition) is 6. The molecule has 1 aromatic carbocycles. The molecule has 0 saturated heterocycles. The summed E-state index contributed by atoms with van der Waals surface area (Å²) >= 11 is 1.29. The molecule has 0 spiro atoms. The van der Waals surface area contributed by atoms with E-state index < -0.39 is 11.8 Å². The van der Waals surface area contributed by atoms with Gasteiger partial charge in [0.25, 0.3) is 11.8 Å². The molecule has 0 saturated carbocycles. The van der Waals surface area contributed by atoms with Crippen LogP contribution in [0.3, 0.4) is 0 Å². The SMILES string of the molecule is Cc1cccc(OCC(=O)NNC(=O)c2sc3nc(C(C)(C)C)nc(C)c3c2C)c1. The standard InChI is InChI=1S/C22H26N4O3S/c1-12-8-7-9-15(10-12)29-11-16(27)25-26-19(28)18-13(2)17-14(3)23-21(22(4,5)6)24-20(17)30-18/h7-10H,11H2,1-6H3,(H,25,27)(H,26,28). The number of rotatable bonds is 4. The van der Waals surface area contributed by atoms with Crippen molar-refractivity contribution in [3.8, 4) is 5.75 Å². The first kappa shape index (κ1) is 21.7. The molecule has 0 aliphatic rings. The molecule has 2 heterocycles. The topological polar surface area (TPSA) is 93.2 Å². The molecule has 7 nitrogen and oxygen atoms in total. The fraction of sp³-hybridized carbons (Fsp3) is 0.364. The van der Waals surface area contributed by atoms with Gasteiger partial charge in [-0.05, 0) is 44.0 Å². The van der Waals surface area contributed by atoms with Crippen LogP contribution in [0.4, 0.5) is 0 Å². The Bertz CT molecular complexity index is 1120. The second kappa shape index (κ2) is 8.39. The highest BCUT2D eigenvalue weighted by Crippen LogP contribution is 2.33. The first-order chi connectivity index (χ1) is 14.1. The molecule has 0 unspecified atom stereocenters. The van der Waals surface area contributed by atoms with Crippen LogP contribution in [0.25, 0.3) is 10.2 Å². The molecule has 0 atom stereocenters. The average Bonchev–Trinajstić information content (AvgIpc) is 3.01. The number of amides is 2. The van der Waals surface area contributed by atoms with Crippen molar-refractivity contribution in [1.29, 1.82) is 0 Å². The molecule has 0 aliphatic carbocycles. The molecule has 3 rings (SSSR count). The summed E-state index contributed by atoms with van der Waals surface area (Å²) in [5.74, 6) is 0.494. The van der Waals surface area contributed by atoms with Gasteiger partial charge in [0.15, 0.2) is 6.61 Å². The molecule has 0 bridgehead atoms. The van der Waals surface area contributed by atoms with Gasteiger partial charge in [0, 0.05) is 10.8 Å². The molecule has 0 aliphatic heterocycles. The molecule has 2 N–H and O–H groups in total. The number of aromatic nitrogens is 2. The summed E-state index contributed by atoms with van der Waals surface area (Å²) in [7, 11) is 0. The number of carbonyl (C=O) groups excluding carboxylic acids is 2. The number of ether oxygens (including phenoxy) is 1. The minimum Gasteiger partial charge on any atom is -0.484 e. The Labute approximate surface area is 179 Å². The van der Waals surface area contributed by atoms with Crippen molar-refractivity contribution >= 4 is 33.4 Å². The van der Waals surface area contributed by atoms with Crippen LogP contribution < -0.4 is 15.6 Å². The molecule has 3 aromatic rings. The van der Waals surface area contributed by atoms with Crippen LogP contribution in [0.5, 0.6) is 5.75 Å². The van der Waals surface area contributed by atoms with Crippen molar-refractivity contribution in [2.24, 2.45) is 0 Å². The largest absolute Gasteiger partial charge is 0.484 e. The van der Waals surface area contributed by atoms with Gasteiger partial charge in [-0.15, -0.1) is 11.3 Å². The Hall–Kier alpha value is -3.00. The van der Waals surface area contributed by atoms with E-state index in [1.807, 2.05) is 39.0 Å². The Morgan fingerprint density at radius 2 is 1.83 bits per heavy atom. The number of thiophene rings is 1. The number of hydrazine groups is 1. The van der Waals surface area contributed by atoms with E-state index in [4.69, 9.17) is 4.74 Å². The summed E-state index contributed by atoms with van der Waals surface area (Å²) < 4.78 is 5.44. The summed E-state index contributed by atoms with van der Waals surface area (Å²) in [5.41, 5.74) is 7.34. The second-order valence-electron chi connectivity index (χ2n) is 8.23. The lowest BCUT2D eigenvalue weighted by Gasteiger charge is -2.16. The summed E-state index contributed by atoms with van der Waals surface area (Å²) in [6, 6.07) is 7.40. The lowest BCUT2D eigenvalue weighted by atomic mass is 9.95. The van der Waals surface area contributed by atoms with Gasteiger partial charge in [0.05, 0.1) is 10.6 Å². The second-order valence-corrected chi connectivity index (χ2v) is 9.23. The van der Waals surface area contributed by atoms with E-state index in [9.17, 15) is 9.59 Å². The fourth-order valence-electron chi connectivity index (χ4n) is 2.96. The zero-order chi connectivity index (χ0) is 22.1. The first-order valence-electron chi connectivity index (χ1n) is 9.63. The third-order valence-corrected chi connectivity index (χ3v) is 5.71. The van der Waals surface area contributed by atoms with Crippen LogP contribution in [0.1, 0.15) is 53.1 Å². The monoisotopic (exact) mass is 426 g/mol. The lowest BCUT2D eigenvalue weighted by Crippen LogP contribution is -2.43. The van der Waals surface area contributed by atoms with Gasteiger partial charge >= 0.3 is 0 Å².